The Morgan fingerprint density at radius 3 is 2.61 bits per heavy atom. The molecule has 0 bridgehead atoms. The summed E-state index contributed by atoms with van der Waals surface area (Å²) < 4.78 is 23.2. The summed E-state index contributed by atoms with van der Waals surface area (Å²) in [7, 11) is 3.14. The highest BCUT2D eigenvalue weighted by molar-refractivity contribution is 9.10. The lowest BCUT2D eigenvalue weighted by molar-refractivity contribution is 0.0854. The van der Waals surface area contributed by atoms with Crippen LogP contribution in [0.1, 0.15) is 23.2 Å². The van der Waals surface area contributed by atoms with E-state index in [-0.39, 0.29) is 17.6 Å². The van der Waals surface area contributed by atoms with Gasteiger partial charge in [0.1, 0.15) is 22.6 Å². The van der Waals surface area contributed by atoms with Gasteiger partial charge in [0.2, 0.25) is 5.55 Å². The van der Waals surface area contributed by atoms with Crippen molar-refractivity contribution in [3.63, 3.8) is 0 Å². The van der Waals surface area contributed by atoms with E-state index in [0.29, 0.717) is 34.9 Å². The summed E-state index contributed by atoms with van der Waals surface area (Å²) in [4.78, 5) is 17.6. The van der Waals surface area contributed by atoms with Crippen LogP contribution in [0.5, 0.6) is 11.5 Å². The number of fused-ring (bicyclic) bond motifs is 1. The lowest BCUT2D eigenvalue weighted by Crippen LogP contribution is -2.34. The molecule has 7 nitrogen and oxygen atoms in total. The Bertz CT molecular complexity index is 1150. The zero-order valence-corrected chi connectivity index (χ0v) is 18.9. The Balaban J connectivity index is 1.78. The summed E-state index contributed by atoms with van der Waals surface area (Å²) in [5.74, 6) is 0.911. The molecule has 162 valence electrons. The molecule has 1 amide bonds. The van der Waals surface area contributed by atoms with Crippen molar-refractivity contribution < 1.29 is 23.4 Å². The molecule has 1 N–H and O–H groups in total. The number of halogens is 1. The molecule has 1 aliphatic heterocycles. The summed E-state index contributed by atoms with van der Waals surface area (Å²) in [5.41, 5.74) is 1.71. The maximum Gasteiger partial charge on any atom is 0.256 e. The third-order valence-electron chi connectivity index (χ3n) is 5.03. The van der Waals surface area contributed by atoms with Crippen molar-refractivity contribution in [2.24, 2.45) is 4.99 Å². The first-order valence-electron chi connectivity index (χ1n) is 9.97. The van der Waals surface area contributed by atoms with Crippen LogP contribution >= 0.6 is 15.9 Å². The van der Waals surface area contributed by atoms with E-state index in [0.717, 1.165) is 29.3 Å². The molecule has 0 spiro atoms. The largest absolute Gasteiger partial charge is 0.497 e. The van der Waals surface area contributed by atoms with Gasteiger partial charge in [-0.1, -0.05) is 15.9 Å². The number of carbonyl (C=O) groups excluding carboxylic acids is 1. The summed E-state index contributed by atoms with van der Waals surface area (Å²) in [6.07, 6.45) is 1.99. The van der Waals surface area contributed by atoms with E-state index in [1.54, 1.807) is 38.5 Å². The molecular weight excluding hydrogens is 464 g/mol. The lowest BCUT2D eigenvalue weighted by Gasteiger charge is -2.11. The Kier molecular flexibility index (Phi) is 6.58. The maximum atomic E-state index is 13.0. The van der Waals surface area contributed by atoms with Gasteiger partial charge in [-0.05, 0) is 37.1 Å². The molecular formula is C23H23BrN2O5. The average Bonchev–Trinajstić information content (AvgIpc) is 3.30. The third-order valence-corrected chi connectivity index (χ3v) is 5.53. The standard InChI is InChI=1S/C23H23BrN2O5/c1-28-18-10-16(11-19(12-18)29-2)26-23-20(22(27)25-13-17-4-3-7-30-17)9-14-8-15(24)5-6-21(14)31-23/h5-6,8-12,17H,3-4,7,13H2,1-2H3,(H,25,27)/t17-/m0/s1. The van der Waals surface area contributed by atoms with Gasteiger partial charge in [-0.2, -0.15) is 0 Å². The summed E-state index contributed by atoms with van der Waals surface area (Å²) >= 11 is 3.46. The van der Waals surface area contributed by atoms with Crippen LogP contribution < -0.4 is 20.3 Å². The number of hydrogen-bond acceptors (Lipinski definition) is 6. The number of nitrogens with one attached hydrogen (secondary N) is 1. The molecule has 3 aromatic rings. The summed E-state index contributed by atoms with van der Waals surface area (Å²) in [5, 5.41) is 3.74. The van der Waals surface area contributed by atoms with Gasteiger partial charge >= 0.3 is 0 Å². The number of nitrogens with zero attached hydrogens (tertiary/aromatic N) is 1. The van der Waals surface area contributed by atoms with Crippen LogP contribution in [-0.4, -0.2) is 39.4 Å². The van der Waals surface area contributed by atoms with E-state index >= 15 is 0 Å². The Hall–Kier alpha value is -2.84. The van der Waals surface area contributed by atoms with Gasteiger partial charge in [0.25, 0.3) is 5.91 Å². The lowest BCUT2D eigenvalue weighted by atomic mass is 10.1. The van der Waals surface area contributed by atoms with E-state index in [9.17, 15) is 4.79 Å². The third kappa shape index (κ3) is 5.08. The second kappa shape index (κ2) is 9.53. The molecule has 31 heavy (non-hydrogen) atoms. The van der Waals surface area contributed by atoms with E-state index in [1.165, 1.54) is 0 Å². The van der Waals surface area contributed by atoms with Gasteiger partial charge in [-0.25, -0.2) is 4.99 Å². The zero-order valence-electron chi connectivity index (χ0n) is 17.3. The van der Waals surface area contributed by atoms with Crippen molar-refractivity contribution >= 4 is 38.5 Å². The number of benzene rings is 2. The fourth-order valence-electron chi connectivity index (χ4n) is 3.43. The molecule has 0 radical (unpaired) electrons. The van der Waals surface area contributed by atoms with Gasteiger partial charge in [-0.15, -0.1) is 0 Å². The Morgan fingerprint density at radius 2 is 1.94 bits per heavy atom. The first-order valence-corrected chi connectivity index (χ1v) is 10.8. The normalized spacial score (nSPS) is 16.5. The second-order valence-electron chi connectivity index (χ2n) is 7.18. The van der Waals surface area contributed by atoms with Crippen LogP contribution in [0.4, 0.5) is 5.69 Å². The highest BCUT2D eigenvalue weighted by atomic mass is 79.9. The van der Waals surface area contributed by atoms with Crippen molar-refractivity contribution in [3.8, 4) is 11.5 Å². The smallest absolute Gasteiger partial charge is 0.256 e. The Labute approximate surface area is 188 Å². The van der Waals surface area contributed by atoms with Crippen LogP contribution in [0.15, 0.2) is 56.3 Å². The van der Waals surface area contributed by atoms with Gasteiger partial charge in [-0.3, -0.25) is 4.79 Å². The van der Waals surface area contributed by atoms with Crippen molar-refractivity contribution in [1.29, 1.82) is 0 Å². The molecule has 4 rings (SSSR count). The van der Waals surface area contributed by atoms with Gasteiger partial charge in [0.05, 0.1) is 26.0 Å². The Morgan fingerprint density at radius 1 is 1.16 bits per heavy atom. The van der Waals surface area contributed by atoms with Crippen LogP contribution in [0, 0.1) is 0 Å². The molecule has 1 atom stereocenters. The fraction of sp³-hybridized carbons (Fsp3) is 0.304. The zero-order chi connectivity index (χ0) is 21.8. The quantitative estimate of drug-likeness (QED) is 0.559. The molecule has 2 heterocycles. The van der Waals surface area contributed by atoms with Crippen LogP contribution in [0.3, 0.4) is 0 Å². The first-order chi connectivity index (χ1) is 15.1. The molecule has 1 fully saturated rings. The highest BCUT2D eigenvalue weighted by Crippen LogP contribution is 2.28. The molecule has 0 saturated carbocycles. The monoisotopic (exact) mass is 486 g/mol. The van der Waals surface area contributed by atoms with E-state index in [4.69, 9.17) is 18.6 Å². The number of ether oxygens (including phenoxy) is 3. The maximum absolute atomic E-state index is 13.0. The number of hydrogen-bond donors (Lipinski definition) is 1. The van der Waals surface area contributed by atoms with Crippen molar-refractivity contribution in [2.45, 2.75) is 18.9 Å². The molecule has 1 saturated heterocycles. The molecule has 0 unspecified atom stereocenters. The first kappa shape index (κ1) is 21.4. The van der Waals surface area contributed by atoms with Gasteiger partial charge < -0.3 is 23.9 Å². The minimum absolute atomic E-state index is 0.0403. The number of carbonyl (C=O) groups is 1. The van der Waals surface area contributed by atoms with E-state index in [2.05, 4.69) is 26.2 Å². The number of amides is 1. The summed E-state index contributed by atoms with van der Waals surface area (Å²) in [6, 6.07) is 12.6. The number of rotatable bonds is 6. The average molecular weight is 487 g/mol. The molecule has 1 aliphatic rings. The van der Waals surface area contributed by atoms with Crippen molar-refractivity contribution in [3.05, 3.63) is 58.1 Å². The molecule has 1 aromatic heterocycles. The predicted molar refractivity (Wildman–Crippen MR) is 120 cm³/mol. The summed E-state index contributed by atoms with van der Waals surface area (Å²) in [6.45, 7) is 1.18. The van der Waals surface area contributed by atoms with Crippen LogP contribution in [0.2, 0.25) is 0 Å². The van der Waals surface area contributed by atoms with Crippen LogP contribution in [-0.2, 0) is 4.74 Å². The van der Waals surface area contributed by atoms with Crippen LogP contribution in [0.25, 0.3) is 11.0 Å². The topological polar surface area (TPSA) is 82.3 Å². The van der Waals surface area contributed by atoms with Crippen molar-refractivity contribution in [2.75, 3.05) is 27.4 Å². The van der Waals surface area contributed by atoms with Crippen molar-refractivity contribution in [1.82, 2.24) is 5.32 Å². The minimum Gasteiger partial charge on any atom is -0.497 e. The molecule has 2 aromatic carbocycles. The van der Waals surface area contributed by atoms with E-state index in [1.807, 2.05) is 18.2 Å². The van der Waals surface area contributed by atoms with Gasteiger partial charge in [0.15, 0.2) is 0 Å². The number of methoxy groups -OCH3 is 2. The SMILES string of the molecule is COc1cc(N=c2oc3ccc(Br)cc3cc2C(=O)NC[C@@H]2CCCO2)cc(OC)c1. The second-order valence-corrected chi connectivity index (χ2v) is 8.09. The minimum atomic E-state index is -0.269. The fourth-order valence-corrected chi connectivity index (χ4v) is 3.81. The molecule has 8 heteroatoms. The predicted octanol–water partition coefficient (Wildman–Crippen LogP) is 4.35. The highest BCUT2D eigenvalue weighted by Gasteiger charge is 2.19. The van der Waals surface area contributed by atoms with E-state index < -0.39 is 0 Å². The molecule has 0 aliphatic carbocycles. The van der Waals surface area contributed by atoms with Gasteiger partial charge in [0, 0.05) is 41.2 Å².